The van der Waals surface area contributed by atoms with Crippen LogP contribution in [0.25, 0.3) is 10.9 Å². The van der Waals surface area contributed by atoms with Crippen LogP contribution in [0.15, 0.2) is 49.6 Å². The summed E-state index contributed by atoms with van der Waals surface area (Å²) in [5.41, 5.74) is -0.320. The number of carbonyl (C=O) groups is 4. The lowest BCUT2D eigenvalue weighted by molar-refractivity contribution is -0.159. The molecule has 2 amide bonds. The molecule has 0 unspecified atom stereocenters. The van der Waals surface area contributed by atoms with Crippen LogP contribution in [-0.2, 0) is 40.4 Å². The van der Waals surface area contributed by atoms with Gasteiger partial charge in [0.2, 0.25) is 21.8 Å². The number of unbranched alkanes of at least 4 members (excludes halogenated alkanes) is 3. The van der Waals surface area contributed by atoms with Gasteiger partial charge in [-0.2, -0.15) is 0 Å². The fourth-order valence-corrected chi connectivity index (χ4v) is 9.85. The minimum Gasteiger partial charge on any atom is -0.483 e. The maximum absolute atomic E-state index is 14.8. The molecule has 2 aliphatic heterocycles. The Bertz CT molecular complexity index is 2000. The van der Waals surface area contributed by atoms with Crippen molar-refractivity contribution in [1.29, 1.82) is 0 Å². The summed E-state index contributed by atoms with van der Waals surface area (Å²) in [6.45, 7) is 16.6. The molecule has 11 nitrogen and oxygen atoms in total. The van der Waals surface area contributed by atoms with E-state index in [2.05, 4.69) is 17.9 Å². The number of Topliss-reactive ketones (excluding diaryl/α,β-unsaturated/α-hetero) is 1. The number of rotatable bonds is 16. The van der Waals surface area contributed by atoms with E-state index in [-0.39, 0.29) is 43.9 Å². The molecule has 0 radical (unpaired) electrons. The van der Waals surface area contributed by atoms with Crippen LogP contribution < -0.4 is 9.46 Å². The van der Waals surface area contributed by atoms with Crippen LogP contribution in [-0.4, -0.2) is 70.4 Å². The zero-order valence-electron chi connectivity index (χ0n) is 33.1. The highest BCUT2D eigenvalue weighted by Gasteiger charge is 2.63. The second-order valence-electron chi connectivity index (χ2n) is 17.6. The Morgan fingerprint density at radius 2 is 1.82 bits per heavy atom. The topological polar surface area (TPSA) is 149 Å². The number of nitrogens with zero attached hydrogens (tertiary/aromatic N) is 2. The standard InChI is InChI=1S/C43H57N3O8S/c1-8-10-11-12-13-16-29(23-36(48)53-40(4,5)6)38(49)46-27-42(20-19-32-31-17-14-15-18-33(31)44-28(3)37(32)54-42)25-34(46)35(47)26-43(24-30(43)9-2)39(50)45-55(51,52)41(7)21-22-41/h8-9,14-15,17-18,29-30,34H,1-2,10-13,16,19-27H2,3-7H3,(H,45,50)/t29-,30-,34+,42-,43-/m1/s1. The van der Waals surface area contributed by atoms with E-state index in [4.69, 9.17) is 14.5 Å². The van der Waals surface area contributed by atoms with Crippen LogP contribution in [0.3, 0.4) is 0 Å². The Labute approximate surface area is 325 Å². The summed E-state index contributed by atoms with van der Waals surface area (Å²) in [7, 11) is -3.95. The SMILES string of the molecule is C=CCCCCC[C@H](CC(=O)OC(C)(C)C)C(=O)N1C[C@@]2(CCc3c(c(C)nc4ccccc34)O2)C[C@H]1C(=O)C[C@]1(C(=O)NS(=O)(=O)C2(C)CC2)C[C@H]1C=C. The summed E-state index contributed by atoms with van der Waals surface area (Å²) in [6.07, 6.45) is 9.36. The Balaban J connectivity index is 1.32. The van der Waals surface area contributed by atoms with Crippen LogP contribution >= 0.6 is 0 Å². The number of amides is 2. The van der Waals surface area contributed by atoms with E-state index in [1.165, 1.54) is 0 Å². The largest absolute Gasteiger partial charge is 0.483 e. The molecule has 1 spiro atoms. The molecule has 3 fully saturated rings. The van der Waals surface area contributed by atoms with Gasteiger partial charge in [0.15, 0.2) is 5.78 Å². The third-order valence-electron chi connectivity index (χ3n) is 12.2. The van der Waals surface area contributed by atoms with Crippen LogP contribution in [0, 0.1) is 24.2 Å². The number of hydrogen-bond acceptors (Lipinski definition) is 9. The van der Waals surface area contributed by atoms with Gasteiger partial charge in [0.25, 0.3) is 0 Å². The lowest BCUT2D eigenvalue weighted by atomic mass is 9.85. The number of benzene rings is 1. The third-order valence-corrected chi connectivity index (χ3v) is 14.3. The van der Waals surface area contributed by atoms with Gasteiger partial charge in [0.1, 0.15) is 17.0 Å². The molecule has 1 N–H and O–H groups in total. The Hall–Kier alpha value is -4.06. The lowest BCUT2D eigenvalue weighted by Gasteiger charge is -2.36. The summed E-state index contributed by atoms with van der Waals surface area (Å²) in [4.78, 5) is 63.0. The minimum absolute atomic E-state index is 0.117. The van der Waals surface area contributed by atoms with Gasteiger partial charge in [0, 0.05) is 29.7 Å². The first kappa shape index (κ1) is 40.6. The minimum atomic E-state index is -3.95. The van der Waals surface area contributed by atoms with Crippen molar-refractivity contribution in [2.75, 3.05) is 6.54 Å². The molecule has 2 aromatic rings. The number of ether oxygens (including phenoxy) is 2. The van der Waals surface area contributed by atoms with Crippen molar-refractivity contribution in [1.82, 2.24) is 14.6 Å². The van der Waals surface area contributed by atoms with Crippen molar-refractivity contribution >= 4 is 44.5 Å². The first-order chi connectivity index (χ1) is 25.9. The molecule has 55 heavy (non-hydrogen) atoms. The first-order valence-corrected chi connectivity index (χ1v) is 21.3. The van der Waals surface area contributed by atoms with E-state index in [0.717, 1.165) is 41.4 Å². The van der Waals surface area contributed by atoms with Gasteiger partial charge in [-0.05, 0) is 98.0 Å². The zero-order chi connectivity index (χ0) is 40.0. The van der Waals surface area contributed by atoms with Gasteiger partial charge >= 0.3 is 5.97 Å². The summed E-state index contributed by atoms with van der Waals surface area (Å²) < 4.78 is 40.1. The zero-order valence-corrected chi connectivity index (χ0v) is 33.9. The van der Waals surface area contributed by atoms with E-state index in [1.54, 1.807) is 38.7 Å². The Kier molecular flexibility index (Phi) is 11.2. The fourth-order valence-electron chi connectivity index (χ4n) is 8.52. The number of sulfonamides is 1. The first-order valence-electron chi connectivity index (χ1n) is 19.8. The predicted molar refractivity (Wildman–Crippen MR) is 211 cm³/mol. The number of fused-ring (bicyclic) bond motifs is 3. The average Bonchev–Trinajstić information content (AvgIpc) is 4.02. The number of carbonyl (C=O) groups excluding carboxylic acids is 4. The number of para-hydroxylation sites is 1. The molecule has 5 atom stereocenters. The molecule has 298 valence electrons. The quantitative estimate of drug-likeness (QED) is 0.110. The second kappa shape index (κ2) is 15.1. The van der Waals surface area contributed by atoms with Gasteiger partial charge in [-0.25, -0.2) is 13.4 Å². The van der Waals surface area contributed by atoms with Crippen LogP contribution in [0.4, 0.5) is 0 Å². The maximum atomic E-state index is 14.8. The van der Waals surface area contributed by atoms with Gasteiger partial charge in [-0.1, -0.05) is 43.2 Å². The highest BCUT2D eigenvalue weighted by molar-refractivity contribution is 7.91. The summed E-state index contributed by atoms with van der Waals surface area (Å²) in [5, 5.41) is 0.998. The molecule has 2 aliphatic carbocycles. The Morgan fingerprint density at radius 1 is 1.09 bits per heavy atom. The van der Waals surface area contributed by atoms with Gasteiger partial charge in [0.05, 0.1) is 40.4 Å². The molecule has 0 bridgehead atoms. The number of nitrogens with one attached hydrogen (secondary N) is 1. The number of aromatic nitrogens is 1. The molecule has 6 rings (SSSR count). The Morgan fingerprint density at radius 3 is 2.47 bits per heavy atom. The van der Waals surface area contributed by atoms with E-state index >= 15 is 0 Å². The van der Waals surface area contributed by atoms with Gasteiger partial charge in [-0.3, -0.25) is 23.9 Å². The number of likely N-dealkylation sites (tertiary alicyclic amines) is 1. The van der Waals surface area contributed by atoms with Crippen molar-refractivity contribution in [2.24, 2.45) is 17.3 Å². The van der Waals surface area contributed by atoms with Crippen molar-refractivity contribution in [3.63, 3.8) is 0 Å². The van der Waals surface area contributed by atoms with Crippen molar-refractivity contribution in [3.8, 4) is 5.75 Å². The smallest absolute Gasteiger partial charge is 0.307 e. The molecule has 4 aliphatic rings. The molecule has 1 aromatic heterocycles. The second-order valence-corrected chi connectivity index (χ2v) is 19.8. The molecule has 12 heteroatoms. The fraction of sp³-hybridized carbons (Fsp3) is 0.605. The van der Waals surface area contributed by atoms with Gasteiger partial charge < -0.3 is 14.4 Å². The van der Waals surface area contributed by atoms with Crippen molar-refractivity contribution in [3.05, 3.63) is 60.8 Å². The third kappa shape index (κ3) is 8.39. The van der Waals surface area contributed by atoms with Gasteiger partial charge in [-0.15, -0.1) is 13.2 Å². The van der Waals surface area contributed by atoms with E-state index < -0.39 is 61.1 Å². The molecular formula is C43H57N3O8S. The lowest BCUT2D eigenvalue weighted by Crippen LogP contribution is -2.48. The number of hydrogen-bond donors (Lipinski definition) is 1. The number of pyridine rings is 1. The molecule has 2 saturated carbocycles. The maximum Gasteiger partial charge on any atom is 0.307 e. The summed E-state index contributed by atoms with van der Waals surface area (Å²) in [6, 6.07) is 6.94. The van der Waals surface area contributed by atoms with E-state index in [0.29, 0.717) is 44.3 Å². The van der Waals surface area contributed by atoms with Crippen LogP contribution in [0.1, 0.15) is 116 Å². The van der Waals surface area contributed by atoms with Crippen LogP contribution in [0.5, 0.6) is 5.75 Å². The van der Waals surface area contributed by atoms with Crippen LogP contribution in [0.2, 0.25) is 0 Å². The summed E-state index contributed by atoms with van der Waals surface area (Å²) in [5.74, 6) is -2.34. The number of aryl methyl sites for hydroxylation is 2. The molecule has 1 saturated heterocycles. The number of ketones is 1. The summed E-state index contributed by atoms with van der Waals surface area (Å²) >= 11 is 0. The number of allylic oxidation sites excluding steroid dienone is 2. The highest BCUT2D eigenvalue weighted by Crippen LogP contribution is 2.58. The molecular weight excluding hydrogens is 719 g/mol. The van der Waals surface area contributed by atoms with E-state index in [1.807, 2.05) is 37.3 Å². The van der Waals surface area contributed by atoms with Crippen molar-refractivity contribution in [2.45, 2.75) is 140 Å². The molecule has 1 aromatic carbocycles. The monoisotopic (exact) mass is 775 g/mol. The highest BCUT2D eigenvalue weighted by atomic mass is 32.2. The average molecular weight is 776 g/mol. The predicted octanol–water partition coefficient (Wildman–Crippen LogP) is 6.84. The molecule has 3 heterocycles. The van der Waals surface area contributed by atoms with Crippen molar-refractivity contribution < 1.29 is 37.1 Å². The normalized spacial score (nSPS) is 25.7. The van der Waals surface area contributed by atoms with E-state index in [9.17, 15) is 27.6 Å². The number of esters is 1.